The number of aliphatic carboxylic acids is 1. The van der Waals surface area contributed by atoms with Gasteiger partial charge in [0, 0.05) is 13.1 Å². The van der Waals surface area contributed by atoms with Gasteiger partial charge < -0.3 is 15.7 Å². The second-order valence-electron chi connectivity index (χ2n) is 6.45. The number of nitrogens with two attached hydrogens (primary N) is 1. The molecular weight excluding hydrogens is 286 g/mol. The quantitative estimate of drug-likeness (QED) is 0.754. The molecule has 0 bridgehead atoms. The van der Waals surface area contributed by atoms with E-state index in [2.05, 4.69) is 0 Å². The van der Waals surface area contributed by atoms with E-state index >= 15 is 0 Å². The average molecular weight is 311 g/mol. The maximum absolute atomic E-state index is 12.4. The third-order valence-electron chi connectivity index (χ3n) is 4.81. The maximum Gasteiger partial charge on any atom is 0.321 e. The fraction of sp³-hybridized carbons (Fsp3) is 0.800. The fourth-order valence-corrected chi connectivity index (χ4v) is 3.56. The topological polar surface area (TPSA) is 104 Å². The van der Waals surface area contributed by atoms with Crippen molar-refractivity contribution in [3.05, 3.63) is 0 Å². The van der Waals surface area contributed by atoms with Crippen LogP contribution in [0.5, 0.6) is 0 Å². The molecule has 2 aliphatic heterocycles. The molecule has 2 amide bonds. The molecule has 2 heterocycles. The number of primary amides is 1. The van der Waals surface area contributed by atoms with Crippen LogP contribution < -0.4 is 5.73 Å². The zero-order valence-corrected chi connectivity index (χ0v) is 13.0. The lowest BCUT2D eigenvalue weighted by atomic mass is 9.90. The summed E-state index contributed by atoms with van der Waals surface area (Å²) < 4.78 is 0. The van der Waals surface area contributed by atoms with Crippen LogP contribution in [0.4, 0.5) is 0 Å². The van der Waals surface area contributed by atoms with E-state index in [4.69, 9.17) is 5.73 Å². The molecule has 7 nitrogen and oxygen atoms in total. The van der Waals surface area contributed by atoms with Crippen LogP contribution in [0.25, 0.3) is 0 Å². The van der Waals surface area contributed by atoms with Crippen molar-refractivity contribution in [2.75, 3.05) is 26.2 Å². The van der Waals surface area contributed by atoms with Gasteiger partial charge in [-0.1, -0.05) is 6.92 Å². The number of carboxylic acids is 1. The molecular formula is C15H25N3O4. The molecule has 3 atom stereocenters. The molecule has 0 aliphatic carbocycles. The highest BCUT2D eigenvalue weighted by molar-refractivity contribution is 5.82. The molecule has 22 heavy (non-hydrogen) atoms. The van der Waals surface area contributed by atoms with E-state index in [1.54, 1.807) is 9.80 Å². The standard InChI is InChI=1S/C15H25N3O4/c1-10-4-2-7-18(13(10)15(21)22)9-12(19)17-6-3-5-11(8-17)14(16)20/h10-11,13H,2-9H2,1H3,(H2,16,20)(H,21,22). The maximum atomic E-state index is 12.4. The summed E-state index contributed by atoms with van der Waals surface area (Å²) >= 11 is 0. The van der Waals surface area contributed by atoms with Crippen LogP contribution >= 0.6 is 0 Å². The molecule has 2 saturated heterocycles. The van der Waals surface area contributed by atoms with E-state index < -0.39 is 12.0 Å². The molecule has 0 aromatic heterocycles. The largest absolute Gasteiger partial charge is 0.480 e. The number of carboxylic acid groups (broad SMARTS) is 1. The molecule has 3 N–H and O–H groups in total. The molecule has 0 aromatic rings. The average Bonchev–Trinajstić information content (AvgIpc) is 2.47. The minimum Gasteiger partial charge on any atom is -0.480 e. The Kier molecular flexibility index (Phi) is 5.39. The molecule has 2 aliphatic rings. The lowest BCUT2D eigenvalue weighted by Crippen LogP contribution is -2.54. The van der Waals surface area contributed by atoms with Crippen molar-refractivity contribution in [3.8, 4) is 0 Å². The molecule has 3 unspecified atom stereocenters. The van der Waals surface area contributed by atoms with Crippen LogP contribution in [0.15, 0.2) is 0 Å². The highest BCUT2D eigenvalue weighted by atomic mass is 16.4. The molecule has 0 radical (unpaired) electrons. The summed E-state index contributed by atoms with van der Waals surface area (Å²) in [6, 6.07) is -0.602. The fourth-order valence-electron chi connectivity index (χ4n) is 3.56. The van der Waals surface area contributed by atoms with Crippen molar-refractivity contribution < 1.29 is 19.5 Å². The van der Waals surface area contributed by atoms with E-state index in [0.717, 1.165) is 25.7 Å². The van der Waals surface area contributed by atoms with Crippen LogP contribution in [0.3, 0.4) is 0 Å². The lowest BCUT2D eigenvalue weighted by molar-refractivity contribution is -0.149. The van der Waals surface area contributed by atoms with Crippen LogP contribution in [0.1, 0.15) is 32.6 Å². The van der Waals surface area contributed by atoms with Crippen molar-refractivity contribution in [2.24, 2.45) is 17.6 Å². The van der Waals surface area contributed by atoms with E-state index in [0.29, 0.717) is 19.6 Å². The van der Waals surface area contributed by atoms with Crippen LogP contribution in [-0.2, 0) is 14.4 Å². The molecule has 2 rings (SSSR count). The number of likely N-dealkylation sites (tertiary alicyclic amines) is 2. The number of nitrogens with zero attached hydrogens (tertiary/aromatic N) is 2. The first-order chi connectivity index (χ1) is 10.4. The van der Waals surface area contributed by atoms with E-state index in [1.165, 1.54) is 0 Å². The Morgan fingerprint density at radius 3 is 2.50 bits per heavy atom. The number of carbonyl (C=O) groups excluding carboxylic acids is 2. The smallest absolute Gasteiger partial charge is 0.321 e. The number of piperidine rings is 2. The minimum atomic E-state index is -0.867. The van der Waals surface area contributed by atoms with Gasteiger partial charge in [0.05, 0.1) is 12.5 Å². The number of carbonyl (C=O) groups is 3. The first-order valence-corrected chi connectivity index (χ1v) is 7.94. The molecule has 124 valence electrons. The van der Waals surface area contributed by atoms with Crippen molar-refractivity contribution in [2.45, 2.75) is 38.6 Å². The predicted octanol–water partition coefficient (Wildman–Crippen LogP) is -0.105. The third kappa shape index (κ3) is 3.76. The van der Waals surface area contributed by atoms with Crippen LogP contribution in [0.2, 0.25) is 0 Å². The van der Waals surface area contributed by atoms with E-state index in [1.807, 2.05) is 6.92 Å². The first kappa shape index (κ1) is 16.7. The lowest BCUT2D eigenvalue weighted by Gasteiger charge is -2.39. The Labute approximate surface area is 130 Å². The van der Waals surface area contributed by atoms with Gasteiger partial charge in [0.15, 0.2) is 0 Å². The summed E-state index contributed by atoms with van der Waals surface area (Å²) in [6.07, 6.45) is 3.26. The number of hydrogen-bond acceptors (Lipinski definition) is 4. The van der Waals surface area contributed by atoms with Crippen molar-refractivity contribution >= 4 is 17.8 Å². The highest BCUT2D eigenvalue weighted by Gasteiger charge is 2.36. The summed E-state index contributed by atoms with van der Waals surface area (Å²) in [4.78, 5) is 38.6. The summed E-state index contributed by atoms with van der Waals surface area (Å²) in [5.74, 6) is -1.58. The molecule has 0 spiro atoms. The normalized spacial score (nSPS) is 30.0. The second kappa shape index (κ2) is 7.09. The zero-order valence-electron chi connectivity index (χ0n) is 13.0. The summed E-state index contributed by atoms with van der Waals surface area (Å²) in [5, 5.41) is 9.39. The van der Waals surface area contributed by atoms with Gasteiger partial charge in [0.1, 0.15) is 6.04 Å². The number of rotatable bonds is 4. The van der Waals surface area contributed by atoms with Gasteiger partial charge in [0.25, 0.3) is 0 Å². The van der Waals surface area contributed by atoms with Crippen molar-refractivity contribution in [1.29, 1.82) is 0 Å². The summed E-state index contributed by atoms with van der Waals surface area (Å²) in [5.41, 5.74) is 5.33. The van der Waals surface area contributed by atoms with Gasteiger partial charge in [-0.15, -0.1) is 0 Å². The Hall–Kier alpha value is -1.63. The third-order valence-corrected chi connectivity index (χ3v) is 4.81. The SMILES string of the molecule is CC1CCCN(CC(=O)N2CCCC(C(N)=O)C2)C1C(=O)O. The van der Waals surface area contributed by atoms with E-state index in [9.17, 15) is 19.5 Å². The highest BCUT2D eigenvalue weighted by Crippen LogP contribution is 2.24. The second-order valence-corrected chi connectivity index (χ2v) is 6.45. The molecule has 0 saturated carbocycles. The molecule has 0 aromatic carbocycles. The van der Waals surface area contributed by atoms with Gasteiger partial charge in [-0.3, -0.25) is 19.3 Å². The Balaban J connectivity index is 1.98. The van der Waals surface area contributed by atoms with Gasteiger partial charge in [-0.05, 0) is 38.1 Å². The Morgan fingerprint density at radius 1 is 1.18 bits per heavy atom. The minimum absolute atomic E-state index is 0.0405. The first-order valence-electron chi connectivity index (χ1n) is 7.94. The number of amides is 2. The van der Waals surface area contributed by atoms with Gasteiger partial charge in [0.2, 0.25) is 11.8 Å². The van der Waals surface area contributed by atoms with Gasteiger partial charge in [-0.25, -0.2) is 0 Å². The summed E-state index contributed by atoms with van der Waals surface area (Å²) in [6.45, 7) is 3.62. The Bertz CT molecular complexity index is 454. The number of hydrogen-bond donors (Lipinski definition) is 2. The van der Waals surface area contributed by atoms with Crippen molar-refractivity contribution in [1.82, 2.24) is 9.80 Å². The summed E-state index contributed by atoms with van der Waals surface area (Å²) in [7, 11) is 0. The molecule has 2 fully saturated rings. The van der Waals surface area contributed by atoms with Gasteiger partial charge in [-0.2, -0.15) is 0 Å². The van der Waals surface area contributed by atoms with Crippen LogP contribution in [0, 0.1) is 11.8 Å². The van der Waals surface area contributed by atoms with Gasteiger partial charge >= 0.3 is 5.97 Å². The van der Waals surface area contributed by atoms with Crippen LogP contribution in [-0.4, -0.2) is 64.9 Å². The van der Waals surface area contributed by atoms with Crippen molar-refractivity contribution in [3.63, 3.8) is 0 Å². The zero-order chi connectivity index (χ0) is 16.3. The van der Waals surface area contributed by atoms with E-state index in [-0.39, 0.29) is 30.2 Å². The Morgan fingerprint density at radius 2 is 1.86 bits per heavy atom. The molecule has 7 heteroatoms. The predicted molar refractivity (Wildman–Crippen MR) is 79.9 cm³/mol. The monoisotopic (exact) mass is 311 g/mol.